The molecule has 7 heteroatoms. The fraction of sp³-hybridized carbons (Fsp3) is 0.583. The summed E-state index contributed by atoms with van der Waals surface area (Å²) in [5, 5.41) is 3.60. The Balaban J connectivity index is 2.74. The summed E-state index contributed by atoms with van der Waals surface area (Å²) in [5.74, 6) is -0.822. The van der Waals surface area contributed by atoms with Crippen LogP contribution in [0.4, 0.5) is 5.13 Å². The molecule has 0 aliphatic carbocycles. The predicted molar refractivity (Wildman–Crippen MR) is 74.3 cm³/mol. The van der Waals surface area contributed by atoms with E-state index in [-0.39, 0.29) is 5.91 Å². The van der Waals surface area contributed by atoms with E-state index in [1.807, 2.05) is 0 Å². The van der Waals surface area contributed by atoms with Crippen molar-refractivity contribution in [1.29, 1.82) is 0 Å². The number of esters is 1. The van der Waals surface area contributed by atoms with Gasteiger partial charge in [0.2, 0.25) is 5.91 Å². The number of amides is 1. The van der Waals surface area contributed by atoms with Crippen LogP contribution in [0.2, 0.25) is 0 Å². The molecule has 1 amide bonds. The van der Waals surface area contributed by atoms with Crippen molar-refractivity contribution in [1.82, 2.24) is 4.98 Å². The molecule has 0 radical (unpaired) electrons. The Kier molecular flexibility index (Phi) is 4.88. The zero-order valence-corrected chi connectivity index (χ0v) is 12.4. The third-order valence-electron chi connectivity index (χ3n) is 2.61. The van der Waals surface area contributed by atoms with E-state index in [2.05, 4.69) is 10.3 Å². The summed E-state index contributed by atoms with van der Waals surface area (Å²) in [7, 11) is 0. The van der Waals surface area contributed by atoms with Gasteiger partial charge in [-0.15, -0.1) is 11.3 Å². The number of thiazole rings is 1. The summed E-state index contributed by atoms with van der Waals surface area (Å²) in [6, 6.07) is 0. The lowest BCUT2D eigenvalue weighted by Gasteiger charge is -2.20. The first-order chi connectivity index (χ1) is 8.77. The quantitative estimate of drug-likeness (QED) is 0.773. The molecular weight excluding hydrogens is 266 g/mol. The molecule has 1 aromatic rings. The monoisotopic (exact) mass is 285 g/mol. The number of primary amides is 1. The summed E-state index contributed by atoms with van der Waals surface area (Å²) in [5.41, 5.74) is 4.92. The molecule has 106 valence electrons. The molecule has 19 heavy (non-hydrogen) atoms. The molecular formula is C12H19N3O3S. The number of hydrogen-bond acceptors (Lipinski definition) is 6. The lowest BCUT2D eigenvalue weighted by atomic mass is 9.93. The van der Waals surface area contributed by atoms with Crippen molar-refractivity contribution in [2.75, 3.05) is 18.5 Å². The first-order valence-corrected chi connectivity index (χ1v) is 6.78. The Morgan fingerprint density at radius 2 is 2.11 bits per heavy atom. The molecule has 0 aromatic carbocycles. The molecule has 0 fully saturated rings. The van der Waals surface area contributed by atoms with Crippen LogP contribution in [-0.2, 0) is 9.53 Å². The smallest absolute Gasteiger partial charge is 0.358 e. The summed E-state index contributed by atoms with van der Waals surface area (Å²) in [6.45, 7) is 7.71. The molecule has 0 unspecified atom stereocenters. The van der Waals surface area contributed by atoms with Gasteiger partial charge in [0.05, 0.1) is 12.0 Å². The zero-order valence-electron chi connectivity index (χ0n) is 11.6. The summed E-state index contributed by atoms with van der Waals surface area (Å²) < 4.78 is 4.91. The number of rotatable bonds is 6. The second-order valence-corrected chi connectivity index (χ2v) is 5.95. The van der Waals surface area contributed by atoms with Gasteiger partial charge in [0.1, 0.15) is 0 Å². The average molecular weight is 285 g/mol. The van der Waals surface area contributed by atoms with E-state index < -0.39 is 11.4 Å². The van der Waals surface area contributed by atoms with Crippen LogP contribution >= 0.6 is 11.3 Å². The van der Waals surface area contributed by atoms with Crippen molar-refractivity contribution < 1.29 is 14.3 Å². The SMILES string of the molecule is CCOC(=O)c1nc(NCC(C)(C)C(N)=O)sc1C. The standard InChI is InChI=1S/C12H19N3O3S/c1-5-18-9(16)8-7(2)19-11(15-8)14-6-12(3,4)10(13)17/h5-6H2,1-4H3,(H2,13,17)(H,14,15). The highest BCUT2D eigenvalue weighted by molar-refractivity contribution is 7.15. The van der Waals surface area contributed by atoms with E-state index in [1.54, 1.807) is 27.7 Å². The average Bonchev–Trinajstić information content (AvgIpc) is 2.68. The van der Waals surface area contributed by atoms with Crippen LogP contribution in [0.3, 0.4) is 0 Å². The van der Waals surface area contributed by atoms with Gasteiger partial charge in [-0.2, -0.15) is 0 Å². The first-order valence-electron chi connectivity index (χ1n) is 5.96. The Bertz CT molecular complexity index is 483. The molecule has 6 nitrogen and oxygen atoms in total. The number of nitrogens with one attached hydrogen (secondary N) is 1. The van der Waals surface area contributed by atoms with Crippen molar-refractivity contribution in [2.24, 2.45) is 11.1 Å². The van der Waals surface area contributed by atoms with Gasteiger partial charge >= 0.3 is 5.97 Å². The van der Waals surface area contributed by atoms with E-state index in [0.717, 1.165) is 4.88 Å². The van der Waals surface area contributed by atoms with Gasteiger partial charge in [0.25, 0.3) is 0 Å². The van der Waals surface area contributed by atoms with Crippen LogP contribution in [0.25, 0.3) is 0 Å². The van der Waals surface area contributed by atoms with Crippen molar-refractivity contribution >= 4 is 28.3 Å². The summed E-state index contributed by atoms with van der Waals surface area (Å²) in [6.07, 6.45) is 0. The molecule has 0 bridgehead atoms. The lowest BCUT2D eigenvalue weighted by Crippen LogP contribution is -2.37. The van der Waals surface area contributed by atoms with Crippen molar-refractivity contribution in [3.8, 4) is 0 Å². The fourth-order valence-electron chi connectivity index (χ4n) is 1.24. The number of carbonyl (C=O) groups excluding carboxylic acids is 2. The van der Waals surface area contributed by atoms with Crippen LogP contribution < -0.4 is 11.1 Å². The van der Waals surface area contributed by atoms with Gasteiger partial charge in [0, 0.05) is 11.4 Å². The molecule has 0 aliphatic heterocycles. The normalized spacial score (nSPS) is 11.2. The van der Waals surface area contributed by atoms with E-state index in [9.17, 15) is 9.59 Å². The molecule has 1 aromatic heterocycles. The largest absolute Gasteiger partial charge is 0.461 e. The number of aryl methyl sites for hydroxylation is 1. The van der Waals surface area contributed by atoms with Gasteiger partial charge in [-0.1, -0.05) is 0 Å². The highest BCUT2D eigenvalue weighted by atomic mass is 32.1. The van der Waals surface area contributed by atoms with Crippen molar-refractivity contribution in [3.63, 3.8) is 0 Å². The molecule has 1 heterocycles. The number of ether oxygens (including phenoxy) is 1. The van der Waals surface area contributed by atoms with E-state index in [1.165, 1.54) is 11.3 Å². The Hall–Kier alpha value is -1.63. The van der Waals surface area contributed by atoms with Crippen LogP contribution in [0.15, 0.2) is 0 Å². The molecule has 0 atom stereocenters. The van der Waals surface area contributed by atoms with E-state index in [0.29, 0.717) is 24.0 Å². The maximum Gasteiger partial charge on any atom is 0.358 e. The summed E-state index contributed by atoms with van der Waals surface area (Å²) in [4.78, 5) is 27.8. The molecule has 3 N–H and O–H groups in total. The van der Waals surface area contributed by atoms with Crippen molar-refractivity contribution in [2.45, 2.75) is 27.7 Å². The van der Waals surface area contributed by atoms with Crippen LogP contribution in [0, 0.1) is 12.3 Å². The minimum absolute atomic E-state index is 0.311. The molecule has 1 rings (SSSR count). The van der Waals surface area contributed by atoms with Crippen molar-refractivity contribution in [3.05, 3.63) is 10.6 Å². The zero-order chi connectivity index (χ0) is 14.6. The fourth-order valence-corrected chi connectivity index (χ4v) is 2.04. The molecule has 0 saturated heterocycles. The number of carbonyl (C=O) groups is 2. The minimum Gasteiger partial charge on any atom is -0.461 e. The second-order valence-electron chi connectivity index (χ2n) is 4.75. The molecule has 0 saturated carbocycles. The predicted octanol–water partition coefficient (Wildman–Crippen LogP) is 1.55. The van der Waals surface area contributed by atoms with E-state index >= 15 is 0 Å². The van der Waals surface area contributed by atoms with Gasteiger partial charge in [-0.05, 0) is 27.7 Å². The lowest BCUT2D eigenvalue weighted by molar-refractivity contribution is -0.125. The van der Waals surface area contributed by atoms with E-state index in [4.69, 9.17) is 10.5 Å². The first kappa shape index (κ1) is 15.4. The minimum atomic E-state index is -0.677. The third-order valence-corrected chi connectivity index (χ3v) is 3.54. The number of nitrogens with two attached hydrogens (primary N) is 1. The Morgan fingerprint density at radius 1 is 1.47 bits per heavy atom. The number of nitrogens with zero attached hydrogens (tertiary/aromatic N) is 1. The maximum absolute atomic E-state index is 11.6. The van der Waals surface area contributed by atoms with Crippen LogP contribution in [0.5, 0.6) is 0 Å². The van der Waals surface area contributed by atoms with Gasteiger partial charge in [-0.25, -0.2) is 9.78 Å². The van der Waals surface area contributed by atoms with Crippen LogP contribution in [-0.4, -0.2) is 30.0 Å². The van der Waals surface area contributed by atoms with Gasteiger partial charge in [0.15, 0.2) is 10.8 Å². The number of aromatic nitrogens is 1. The number of anilines is 1. The van der Waals surface area contributed by atoms with Gasteiger partial charge < -0.3 is 15.8 Å². The Labute approximate surface area is 116 Å². The van der Waals surface area contributed by atoms with Crippen LogP contribution in [0.1, 0.15) is 36.1 Å². The number of hydrogen-bond donors (Lipinski definition) is 2. The second kappa shape index (κ2) is 6.01. The maximum atomic E-state index is 11.6. The molecule has 0 aliphatic rings. The molecule has 0 spiro atoms. The van der Waals surface area contributed by atoms with Gasteiger partial charge in [-0.3, -0.25) is 4.79 Å². The summed E-state index contributed by atoms with van der Waals surface area (Å²) >= 11 is 1.35. The topological polar surface area (TPSA) is 94.3 Å². The highest BCUT2D eigenvalue weighted by Crippen LogP contribution is 2.24. The highest BCUT2D eigenvalue weighted by Gasteiger charge is 2.25. The Morgan fingerprint density at radius 3 is 2.63 bits per heavy atom. The third kappa shape index (κ3) is 3.92.